The maximum absolute atomic E-state index is 14.4. The van der Waals surface area contributed by atoms with Gasteiger partial charge in [-0.2, -0.15) is 0 Å². The van der Waals surface area contributed by atoms with Crippen LogP contribution in [0.3, 0.4) is 0 Å². The molecule has 6 rings (SSSR count). The van der Waals surface area contributed by atoms with E-state index in [1.54, 1.807) is 0 Å². The first-order valence-corrected chi connectivity index (χ1v) is 15.6. The first-order valence-electron chi connectivity index (χ1n) is 14.8. The lowest BCUT2D eigenvalue weighted by molar-refractivity contribution is -0.212. The molecule has 0 N–H and O–H groups in total. The first kappa shape index (κ1) is 28.1. The highest BCUT2D eigenvalue weighted by atomic mass is 32.2. The van der Waals surface area contributed by atoms with Gasteiger partial charge >= 0.3 is 5.97 Å². The van der Waals surface area contributed by atoms with Gasteiger partial charge in [0.25, 0.3) is 0 Å². The number of carbonyl (C=O) groups is 2. The predicted octanol–water partition coefficient (Wildman–Crippen LogP) is 5.93. The van der Waals surface area contributed by atoms with Crippen molar-refractivity contribution in [3.8, 4) is 11.5 Å². The molecular weight excluding hydrogens is 526 g/mol. The Labute approximate surface area is 242 Å². The third kappa shape index (κ3) is 4.88. The quantitative estimate of drug-likeness (QED) is 0.327. The van der Waals surface area contributed by atoms with Gasteiger partial charge in [0.1, 0.15) is 6.10 Å². The molecule has 1 spiro atoms. The van der Waals surface area contributed by atoms with E-state index in [1.165, 1.54) is 22.9 Å². The molecule has 40 heavy (non-hydrogen) atoms. The predicted molar refractivity (Wildman–Crippen MR) is 155 cm³/mol. The fourth-order valence-corrected chi connectivity index (χ4v) is 8.79. The summed E-state index contributed by atoms with van der Waals surface area (Å²) >= 11 is 1.27. The number of rotatable bonds is 4. The molecule has 4 atom stereocenters. The maximum Gasteiger partial charge on any atom is 0.339 e. The van der Waals surface area contributed by atoms with Gasteiger partial charge in [0, 0.05) is 17.2 Å². The van der Waals surface area contributed by atoms with Crippen LogP contribution < -0.4 is 9.47 Å². The molecule has 4 heterocycles. The van der Waals surface area contributed by atoms with Gasteiger partial charge in [-0.3, -0.25) is 9.69 Å². The summed E-state index contributed by atoms with van der Waals surface area (Å²) in [7, 11) is 0. The average Bonchev–Trinajstić information content (AvgIpc) is 3.51. The maximum atomic E-state index is 14.4. The van der Waals surface area contributed by atoms with Crippen LogP contribution >= 0.6 is 11.8 Å². The largest absolute Gasteiger partial charge is 0.455 e. The van der Waals surface area contributed by atoms with E-state index >= 15 is 0 Å². The molecule has 2 saturated heterocycles. The monoisotopic (exact) mass is 569 g/mol. The van der Waals surface area contributed by atoms with Crippen LogP contribution in [0.5, 0.6) is 11.5 Å². The minimum Gasteiger partial charge on any atom is -0.455 e. The van der Waals surface area contributed by atoms with Crippen LogP contribution in [0.2, 0.25) is 0 Å². The second-order valence-corrected chi connectivity index (χ2v) is 15.8. The lowest BCUT2D eigenvalue weighted by Gasteiger charge is -2.45. The zero-order valence-corrected chi connectivity index (χ0v) is 25.6. The number of benzene rings is 1. The van der Waals surface area contributed by atoms with E-state index < -0.39 is 23.3 Å². The normalized spacial score (nSPS) is 32.5. The number of carbonyl (C=O) groups excluding carboxylic acids is 2. The molecule has 2 fully saturated rings. The smallest absolute Gasteiger partial charge is 0.339 e. The van der Waals surface area contributed by atoms with Gasteiger partial charge in [0.15, 0.2) is 22.2 Å². The number of hydrogen-bond acceptors (Lipinski definition) is 8. The zero-order chi connectivity index (χ0) is 28.5. The highest BCUT2D eigenvalue weighted by Crippen LogP contribution is 2.56. The molecule has 1 aromatic rings. The van der Waals surface area contributed by atoms with Gasteiger partial charge in [0.05, 0.1) is 17.6 Å². The van der Waals surface area contributed by atoms with Gasteiger partial charge in [-0.25, -0.2) is 4.79 Å². The summed E-state index contributed by atoms with van der Waals surface area (Å²) in [5.41, 5.74) is 1.47. The molecule has 0 amide bonds. The summed E-state index contributed by atoms with van der Waals surface area (Å²) in [4.78, 5) is 30.2. The van der Waals surface area contributed by atoms with E-state index in [1.807, 2.05) is 34.6 Å². The molecule has 1 unspecified atom stereocenters. The van der Waals surface area contributed by atoms with Crippen LogP contribution in [0, 0.1) is 0 Å². The van der Waals surface area contributed by atoms with Crippen LogP contribution in [-0.4, -0.2) is 63.5 Å². The van der Waals surface area contributed by atoms with Crippen LogP contribution in [-0.2, 0) is 25.5 Å². The van der Waals surface area contributed by atoms with Gasteiger partial charge in [-0.15, -0.1) is 0 Å². The molecule has 0 bridgehead atoms. The van der Waals surface area contributed by atoms with Gasteiger partial charge in [-0.05, 0) is 94.7 Å². The highest BCUT2D eigenvalue weighted by Gasteiger charge is 2.58. The van der Waals surface area contributed by atoms with Gasteiger partial charge < -0.3 is 18.9 Å². The summed E-state index contributed by atoms with van der Waals surface area (Å²) < 4.78 is 24.4. The van der Waals surface area contributed by atoms with Crippen molar-refractivity contribution in [3.63, 3.8) is 0 Å². The molecule has 1 aromatic carbocycles. The van der Waals surface area contributed by atoms with Crippen molar-refractivity contribution in [2.24, 2.45) is 0 Å². The second-order valence-electron chi connectivity index (χ2n) is 13.9. The Kier molecular flexibility index (Phi) is 6.87. The van der Waals surface area contributed by atoms with Crippen LogP contribution in [0.25, 0.3) is 0 Å². The van der Waals surface area contributed by atoms with E-state index in [2.05, 4.69) is 30.0 Å². The molecule has 5 aliphatic rings. The number of esters is 1. The van der Waals surface area contributed by atoms with Crippen molar-refractivity contribution in [3.05, 3.63) is 34.9 Å². The topological polar surface area (TPSA) is 74.3 Å². The Morgan fingerprint density at radius 3 is 2.55 bits per heavy atom. The lowest BCUT2D eigenvalue weighted by Crippen LogP contribution is -2.54. The summed E-state index contributed by atoms with van der Waals surface area (Å²) in [6.45, 7) is 14.4. The van der Waals surface area contributed by atoms with Crippen LogP contribution in [0.4, 0.5) is 0 Å². The number of ether oxygens (including phenoxy) is 4. The van der Waals surface area contributed by atoms with Crippen LogP contribution in [0.15, 0.2) is 23.8 Å². The van der Waals surface area contributed by atoms with E-state index in [-0.39, 0.29) is 34.5 Å². The van der Waals surface area contributed by atoms with E-state index in [4.69, 9.17) is 18.9 Å². The summed E-state index contributed by atoms with van der Waals surface area (Å²) in [5.74, 6) is 1.08. The fraction of sp³-hybridized carbons (Fsp3) is 0.688. The Balaban J connectivity index is 1.36. The molecule has 0 aromatic heterocycles. The second kappa shape index (κ2) is 9.77. The number of thioether (sulfide) groups is 1. The standard InChI is InChI=1S/C32H43NO6S/c1-20-17-31-11-8-13-33(31)14-9-21-15-23-24(37-19-36-23)16-22(21)26(31)27(20)38-28(35)32(12-7-10-30(5,6)39-32)18-25(34)40-29(2,3)4/h15-17,26-27H,7-14,18-19H2,1-6H3/t26-,27?,31+,32-/m1/s1. The molecule has 0 saturated carbocycles. The number of hydrogen-bond donors (Lipinski definition) is 0. The molecule has 8 heteroatoms. The molecule has 1 aliphatic carbocycles. The Morgan fingerprint density at radius 1 is 1.07 bits per heavy atom. The summed E-state index contributed by atoms with van der Waals surface area (Å²) in [5, 5.41) is -0.0354. The molecule has 7 nitrogen and oxygen atoms in total. The van der Waals surface area contributed by atoms with Gasteiger partial charge in [0.2, 0.25) is 6.79 Å². The molecule has 4 aliphatic heterocycles. The third-order valence-corrected chi connectivity index (χ3v) is 10.3. The van der Waals surface area contributed by atoms with Crippen molar-refractivity contribution in [1.82, 2.24) is 4.90 Å². The summed E-state index contributed by atoms with van der Waals surface area (Å²) in [6, 6.07) is 4.25. The van der Waals surface area contributed by atoms with Crippen molar-refractivity contribution >= 4 is 22.8 Å². The Bertz CT molecular complexity index is 1250. The molecule has 218 valence electrons. The lowest BCUT2D eigenvalue weighted by atomic mass is 9.77. The van der Waals surface area contributed by atoms with E-state index in [9.17, 15) is 9.59 Å². The summed E-state index contributed by atoms with van der Waals surface area (Å²) in [6.07, 6.45) is 7.11. The molecule has 0 radical (unpaired) electrons. The number of nitrogens with zero attached hydrogens (tertiary/aromatic N) is 1. The number of fused-ring (bicyclic) bond motifs is 3. The van der Waals surface area contributed by atoms with Crippen LogP contribution in [0.1, 0.15) is 97.1 Å². The van der Waals surface area contributed by atoms with Gasteiger partial charge in [-0.1, -0.05) is 38.6 Å². The van der Waals surface area contributed by atoms with E-state index in [0.29, 0.717) is 6.42 Å². The first-order chi connectivity index (χ1) is 18.8. The van der Waals surface area contributed by atoms with Crippen molar-refractivity contribution in [1.29, 1.82) is 0 Å². The Morgan fingerprint density at radius 2 is 1.82 bits per heavy atom. The van der Waals surface area contributed by atoms with E-state index in [0.717, 1.165) is 62.3 Å². The van der Waals surface area contributed by atoms with Crippen molar-refractivity contribution in [2.75, 3.05) is 19.9 Å². The fourth-order valence-electron chi connectivity index (χ4n) is 7.81. The molecular formula is C32H43NO6S. The highest BCUT2D eigenvalue weighted by molar-refractivity contribution is 8.14. The minimum atomic E-state index is -1.29. The average molecular weight is 570 g/mol. The third-order valence-electron chi connectivity index (χ3n) is 9.27. The zero-order valence-electron chi connectivity index (χ0n) is 24.8. The van der Waals surface area contributed by atoms with Crippen molar-refractivity contribution < 1.29 is 28.5 Å². The Hall–Kier alpha value is -2.03. The minimum absolute atomic E-state index is 0.0177. The SMILES string of the molecule is CC1=C[C@]23CCCN2CCc2cc4c(cc2[C@@H]3C1OC(=O)[C@]1(CC(=O)SC(C)(C)C)CCCC(C)(C)O1)OCO4. The van der Waals surface area contributed by atoms with Crippen molar-refractivity contribution in [2.45, 2.75) is 120 Å².